The summed E-state index contributed by atoms with van der Waals surface area (Å²) in [6.45, 7) is 1.90. The molecule has 4 heteroatoms. The summed E-state index contributed by atoms with van der Waals surface area (Å²) in [5.41, 5.74) is 1.45. The normalized spacial score (nSPS) is 10.0. The predicted molar refractivity (Wildman–Crippen MR) is 64.0 cm³/mol. The molecule has 0 radical (unpaired) electrons. The first-order valence-electron chi connectivity index (χ1n) is 4.95. The van der Waals surface area contributed by atoms with Crippen molar-refractivity contribution in [1.82, 2.24) is 0 Å². The van der Waals surface area contributed by atoms with Crippen LogP contribution in [0.4, 0.5) is 0 Å². The van der Waals surface area contributed by atoms with Crippen molar-refractivity contribution in [2.75, 3.05) is 20.1 Å². The molecule has 0 atom stereocenters. The fourth-order valence-corrected chi connectivity index (χ4v) is 1.66. The predicted octanol–water partition coefficient (Wildman–Crippen LogP) is 2.82. The zero-order valence-electron chi connectivity index (χ0n) is 9.67. The molecule has 3 nitrogen and oxygen atoms in total. The third-order valence-electron chi connectivity index (χ3n) is 2.34. The van der Waals surface area contributed by atoms with Crippen molar-refractivity contribution < 1.29 is 14.3 Å². The summed E-state index contributed by atoms with van der Waals surface area (Å²) in [5.74, 6) is 1.51. The van der Waals surface area contributed by atoms with Gasteiger partial charge in [-0.3, -0.25) is 4.79 Å². The van der Waals surface area contributed by atoms with Crippen LogP contribution in [0.25, 0.3) is 0 Å². The van der Waals surface area contributed by atoms with Crippen LogP contribution in [0.3, 0.4) is 0 Å². The molecule has 16 heavy (non-hydrogen) atoms. The largest absolute Gasteiger partial charge is 0.496 e. The molecule has 0 amide bonds. The van der Waals surface area contributed by atoms with E-state index in [4.69, 9.17) is 21.1 Å². The molecule has 0 aliphatic carbocycles. The lowest BCUT2D eigenvalue weighted by Crippen LogP contribution is -2.04. The van der Waals surface area contributed by atoms with E-state index in [1.54, 1.807) is 26.4 Å². The standard InChI is InChI=1S/C12H15ClO3/c1-8-6-12(16-3)9(7-11(8)15-2)10(14)4-5-13/h6-7H,4-5H2,1-3H3. The molecule has 1 aromatic carbocycles. The zero-order chi connectivity index (χ0) is 12.1. The molecule has 0 saturated heterocycles. The van der Waals surface area contributed by atoms with Crippen molar-refractivity contribution >= 4 is 17.4 Å². The fourth-order valence-electron chi connectivity index (χ4n) is 1.49. The minimum Gasteiger partial charge on any atom is -0.496 e. The maximum atomic E-state index is 11.8. The average Bonchev–Trinajstić information content (AvgIpc) is 2.28. The van der Waals surface area contributed by atoms with Crippen LogP contribution in [0, 0.1) is 6.92 Å². The first-order valence-corrected chi connectivity index (χ1v) is 5.49. The molecule has 0 heterocycles. The number of carbonyl (C=O) groups excluding carboxylic acids is 1. The molecule has 0 bridgehead atoms. The number of alkyl halides is 1. The molecule has 1 aromatic rings. The van der Waals surface area contributed by atoms with Gasteiger partial charge in [0, 0.05) is 12.3 Å². The number of Topliss-reactive ketones (excluding diaryl/α,β-unsaturated/α-hetero) is 1. The average molecular weight is 243 g/mol. The van der Waals surface area contributed by atoms with E-state index >= 15 is 0 Å². The van der Waals surface area contributed by atoms with Gasteiger partial charge in [0.1, 0.15) is 11.5 Å². The molecular formula is C12H15ClO3. The monoisotopic (exact) mass is 242 g/mol. The van der Waals surface area contributed by atoms with Crippen molar-refractivity contribution in [3.05, 3.63) is 23.3 Å². The van der Waals surface area contributed by atoms with Crippen LogP contribution < -0.4 is 9.47 Å². The number of aryl methyl sites for hydroxylation is 1. The Morgan fingerprint density at radius 1 is 1.25 bits per heavy atom. The second-order valence-corrected chi connectivity index (χ2v) is 3.76. The Bertz CT molecular complexity index is 388. The summed E-state index contributed by atoms with van der Waals surface area (Å²) < 4.78 is 10.3. The third kappa shape index (κ3) is 2.67. The van der Waals surface area contributed by atoms with Gasteiger partial charge in [0.2, 0.25) is 0 Å². The lowest BCUT2D eigenvalue weighted by molar-refractivity contribution is 0.0986. The number of methoxy groups -OCH3 is 2. The Morgan fingerprint density at radius 3 is 2.38 bits per heavy atom. The van der Waals surface area contributed by atoms with E-state index < -0.39 is 0 Å². The molecule has 1 rings (SSSR count). The molecule has 0 aliphatic heterocycles. The number of ketones is 1. The van der Waals surface area contributed by atoms with E-state index in [0.717, 1.165) is 5.56 Å². The number of carbonyl (C=O) groups is 1. The van der Waals surface area contributed by atoms with Crippen LogP contribution in [0.2, 0.25) is 0 Å². The zero-order valence-corrected chi connectivity index (χ0v) is 10.4. The summed E-state index contributed by atoms with van der Waals surface area (Å²) in [5, 5.41) is 0. The van der Waals surface area contributed by atoms with E-state index in [1.165, 1.54) is 0 Å². The van der Waals surface area contributed by atoms with Crippen LogP contribution in [-0.2, 0) is 0 Å². The molecule has 0 aromatic heterocycles. The molecule has 0 fully saturated rings. The Balaban J connectivity index is 3.19. The van der Waals surface area contributed by atoms with Crippen molar-refractivity contribution in [2.45, 2.75) is 13.3 Å². The Hall–Kier alpha value is -1.22. The van der Waals surface area contributed by atoms with E-state index in [0.29, 0.717) is 29.4 Å². The molecule has 88 valence electrons. The van der Waals surface area contributed by atoms with E-state index in [-0.39, 0.29) is 5.78 Å². The van der Waals surface area contributed by atoms with Gasteiger partial charge >= 0.3 is 0 Å². The second kappa shape index (κ2) is 5.75. The summed E-state index contributed by atoms with van der Waals surface area (Å²) in [6, 6.07) is 3.49. The fraction of sp³-hybridized carbons (Fsp3) is 0.417. The first kappa shape index (κ1) is 12.8. The van der Waals surface area contributed by atoms with Crippen LogP contribution in [0.15, 0.2) is 12.1 Å². The number of ether oxygens (including phenoxy) is 2. The van der Waals surface area contributed by atoms with Crippen LogP contribution in [-0.4, -0.2) is 25.9 Å². The maximum Gasteiger partial charge on any atom is 0.167 e. The highest BCUT2D eigenvalue weighted by Crippen LogP contribution is 2.29. The third-order valence-corrected chi connectivity index (χ3v) is 2.53. The van der Waals surface area contributed by atoms with Gasteiger partial charge in [-0.05, 0) is 24.6 Å². The van der Waals surface area contributed by atoms with Crippen LogP contribution in [0.1, 0.15) is 22.3 Å². The molecule has 0 saturated carbocycles. The number of hydrogen-bond donors (Lipinski definition) is 0. The highest BCUT2D eigenvalue weighted by Gasteiger charge is 2.14. The highest BCUT2D eigenvalue weighted by molar-refractivity contribution is 6.19. The van der Waals surface area contributed by atoms with Gasteiger partial charge in [0.05, 0.1) is 19.8 Å². The Kier molecular flexibility index (Phi) is 4.62. The van der Waals surface area contributed by atoms with Crippen molar-refractivity contribution in [1.29, 1.82) is 0 Å². The summed E-state index contributed by atoms with van der Waals surface area (Å²) in [7, 11) is 3.11. The molecule has 0 spiro atoms. The summed E-state index contributed by atoms with van der Waals surface area (Å²) >= 11 is 5.55. The van der Waals surface area contributed by atoms with E-state index in [1.807, 2.05) is 6.92 Å². The first-order chi connectivity index (χ1) is 7.63. The van der Waals surface area contributed by atoms with Crippen molar-refractivity contribution in [3.8, 4) is 11.5 Å². The molecule has 0 aliphatic rings. The van der Waals surface area contributed by atoms with Gasteiger partial charge in [-0.1, -0.05) is 0 Å². The lowest BCUT2D eigenvalue weighted by Gasteiger charge is -2.11. The van der Waals surface area contributed by atoms with E-state index in [2.05, 4.69) is 0 Å². The Morgan fingerprint density at radius 2 is 1.88 bits per heavy atom. The Labute approximate surface area is 100 Å². The maximum absolute atomic E-state index is 11.8. The van der Waals surface area contributed by atoms with Gasteiger partial charge in [-0.15, -0.1) is 11.6 Å². The SMILES string of the molecule is COc1cc(C(=O)CCCl)c(OC)cc1C. The van der Waals surface area contributed by atoms with Gasteiger partial charge in [0.15, 0.2) is 5.78 Å². The number of halogens is 1. The van der Waals surface area contributed by atoms with Crippen molar-refractivity contribution in [2.24, 2.45) is 0 Å². The van der Waals surface area contributed by atoms with Gasteiger partial charge in [0.25, 0.3) is 0 Å². The van der Waals surface area contributed by atoms with E-state index in [9.17, 15) is 4.79 Å². The van der Waals surface area contributed by atoms with Crippen LogP contribution >= 0.6 is 11.6 Å². The van der Waals surface area contributed by atoms with Crippen molar-refractivity contribution in [3.63, 3.8) is 0 Å². The molecule has 0 N–H and O–H groups in total. The topological polar surface area (TPSA) is 35.5 Å². The van der Waals surface area contributed by atoms with Crippen LogP contribution in [0.5, 0.6) is 11.5 Å². The highest BCUT2D eigenvalue weighted by atomic mass is 35.5. The van der Waals surface area contributed by atoms with Gasteiger partial charge in [-0.2, -0.15) is 0 Å². The molecule has 0 unspecified atom stereocenters. The van der Waals surface area contributed by atoms with Gasteiger partial charge < -0.3 is 9.47 Å². The summed E-state index contributed by atoms with van der Waals surface area (Å²) in [4.78, 5) is 11.8. The number of hydrogen-bond acceptors (Lipinski definition) is 3. The summed E-state index contributed by atoms with van der Waals surface area (Å²) in [6.07, 6.45) is 0.296. The number of benzene rings is 1. The minimum atomic E-state index is -0.0369. The lowest BCUT2D eigenvalue weighted by atomic mass is 10.0. The smallest absolute Gasteiger partial charge is 0.167 e. The van der Waals surface area contributed by atoms with Gasteiger partial charge in [-0.25, -0.2) is 0 Å². The minimum absolute atomic E-state index is 0.0369. The molecular weight excluding hydrogens is 228 g/mol. The second-order valence-electron chi connectivity index (χ2n) is 3.38. The number of rotatable bonds is 5. The quantitative estimate of drug-likeness (QED) is 0.588.